The van der Waals surface area contributed by atoms with Crippen LogP contribution in [0.1, 0.15) is 35.0 Å². The van der Waals surface area contributed by atoms with Crippen molar-refractivity contribution in [1.82, 2.24) is 9.99 Å². The van der Waals surface area contributed by atoms with Crippen molar-refractivity contribution < 1.29 is 14.3 Å². The largest absolute Gasteiger partial charge is 0.494 e. The number of anilines is 1. The Morgan fingerprint density at radius 2 is 1.72 bits per heavy atom. The number of amides is 2. The quantitative estimate of drug-likeness (QED) is 0.348. The van der Waals surface area contributed by atoms with E-state index in [4.69, 9.17) is 4.74 Å². The van der Waals surface area contributed by atoms with E-state index in [1.54, 1.807) is 30.5 Å². The summed E-state index contributed by atoms with van der Waals surface area (Å²) in [5, 5.41) is 6.50. The normalized spacial score (nSPS) is 10.9. The fraction of sp³-hybridized carbons (Fsp3) is 0.240. The Hall–Kier alpha value is -3.87. The number of nitrogens with one attached hydrogen (secondary N) is 2. The van der Waals surface area contributed by atoms with E-state index in [2.05, 4.69) is 52.5 Å². The van der Waals surface area contributed by atoms with Gasteiger partial charge in [-0.3, -0.25) is 9.59 Å². The number of benzene rings is 2. The van der Waals surface area contributed by atoms with Crippen molar-refractivity contribution >= 4 is 23.7 Å². The third kappa shape index (κ3) is 5.24. The lowest BCUT2D eigenvalue weighted by atomic mass is 10.1. The molecule has 0 fully saturated rings. The molecule has 2 aromatic carbocycles. The number of ether oxygens (including phenoxy) is 1. The summed E-state index contributed by atoms with van der Waals surface area (Å²) in [5.74, 6) is -0.955. The molecule has 166 valence electrons. The van der Waals surface area contributed by atoms with E-state index in [-0.39, 0.29) is 0 Å². The highest BCUT2D eigenvalue weighted by molar-refractivity contribution is 6.39. The number of hydrazone groups is 1. The SMILES string of the molecule is CCOc1ccc(NC(=O)C(=O)N/N=C\c2cc(C)n(-c3ccc(C)cc3C)c2C)cc1. The van der Waals surface area contributed by atoms with Crippen molar-refractivity contribution in [3.8, 4) is 11.4 Å². The van der Waals surface area contributed by atoms with Gasteiger partial charge < -0.3 is 14.6 Å². The van der Waals surface area contributed by atoms with E-state index in [1.165, 1.54) is 11.1 Å². The Balaban J connectivity index is 1.65. The number of rotatable bonds is 6. The van der Waals surface area contributed by atoms with Crippen LogP contribution in [-0.4, -0.2) is 29.2 Å². The molecule has 7 heteroatoms. The summed E-state index contributed by atoms with van der Waals surface area (Å²) >= 11 is 0. The van der Waals surface area contributed by atoms with E-state index in [1.807, 2.05) is 26.8 Å². The molecule has 0 radical (unpaired) electrons. The second-order valence-corrected chi connectivity index (χ2v) is 7.56. The minimum absolute atomic E-state index is 0.495. The molecule has 0 saturated heterocycles. The molecule has 0 aliphatic carbocycles. The summed E-state index contributed by atoms with van der Waals surface area (Å²) in [6, 6.07) is 15.1. The van der Waals surface area contributed by atoms with Gasteiger partial charge in [0, 0.05) is 28.3 Å². The summed E-state index contributed by atoms with van der Waals surface area (Å²) in [5.41, 5.74) is 9.16. The molecule has 0 saturated carbocycles. The van der Waals surface area contributed by atoms with Crippen LogP contribution in [0.15, 0.2) is 53.6 Å². The minimum atomic E-state index is -0.849. The summed E-state index contributed by atoms with van der Waals surface area (Å²) in [7, 11) is 0. The molecule has 3 rings (SSSR count). The molecule has 7 nitrogen and oxygen atoms in total. The standard InChI is InChI=1S/C25H28N4O3/c1-6-32-22-10-8-21(9-11-22)27-24(30)25(31)28-26-15-20-14-18(4)29(19(20)5)23-12-7-16(2)13-17(23)3/h7-15H,6H2,1-5H3,(H,27,30)(H,28,31)/b26-15-. The van der Waals surface area contributed by atoms with Gasteiger partial charge in [0.05, 0.1) is 12.8 Å². The Morgan fingerprint density at radius 1 is 1.00 bits per heavy atom. The fourth-order valence-corrected chi connectivity index (χ4v) is 3.55. The topological polar surface area (TPSA) is 84.7 Å². The maximum Gasteiger partial charge on any atom is 0.329 e. The maximum absolute atomic E-state index is 12.1. The van der Waals surface area contributed by atoms with Crippen molar-refractivity contribution in [3.63, 3.8) is 0 Å². The molecular weight excluding hydrogens is 404 g/mol. The van der Waals surface area contributed by atoms with Crippen LogP contribution in [0.2, 0.25) is 0 Å². The number of carbonyl (C=O) groups is 2. The van der Waals surface area contributed by atoms with Crippen LogP contribution in [0.4, 0.5) is 5.69 Å². The number of hydrogen-bond donors (Lipinski definition) is 2. The highest BCUT2D eigenvalue weighted by Gasteiger charge is 2.14. The molecule has 2 amide bonds. The molecule has 3 aromatic rings. The molecule has 32 heavy (non-hydrogen) atoms. The lowest BCUT2D eigenvalue weighted by molar-refractivity contribution is -0.136. The first-order chi connectivity index (χ1) is 15.3. The van der Waals surface area contributed by atoms with E-state index < -0.39 is 11.8 Å². The van der Waals surface area contributed by atoms with Gasteiger partial charge in [-0.1, -0.05) is 17.7 Å². The third-order valence-electron chi connectivity index (χ3n) is 5.06. The van der Waals surface area contributed by atoms with Gasteiger partial charge in [-0.15, -0.1) is 0 Å². The predicted octanol–water partition coefficient (Wildman–Crippen LogP) is 4.20. The van der Waals surface area contributed by atoms with Crippen molar-refractivity contribution in [1.29, 1.82) is 0 Å². The van der Waals surface area contributed by atoms with E-state index in [0.29, 0.717) is 18.0 Å². The van der Waals surface area contributed by atoms with Crippen LogP contribution in [0.25, 0.3) is 5.69 Å². The van der Waals surface area contributed by atoms with Gasteiger partial charge in [-0.05, 0) is 76.6 Å². The summed E-state index contributed by atoms with van der Waals surface area (Å²) < 4.78 is 7.50. The number of aryl methyl sites for hydroxylation is 3. The zero-order chi connectivity index (χ0) is 23.3. The van der Waals surface area contributed by atoms with Crippen LogP contribution >= 0.6 is 0 Å². The second kappa shape index (κ2) is 9.96. The Bertz CT molecular complexity index is 1160. The average Bonchev–Trinajstić information content (AvgIpc) is 3.03. The van der Waals surface area contributed by atoms with Crippen molar-refractivity contribution in [2.24, 2.45) is 5.10 Å². The lowest BCUT2D eigenvalue weighted by Crippen LogP contribution is -2.32. The van der Waals surface area contributed by atoms with Gasteiger partial charge in [-0.2, -0.15) is 5.10 Å². The van der Waals surface area contributed by atoms with Gasteiger partial charge in [-0.25, -0.2) is 5.43 Å². The summed E-state index contributed by atoms with van der Waals surface area (Å²) in [6.07, 6.45) is 1.55. The van der Waals surface area contributed by atoms with Crippen LogP contribution < -0.4 is 15.5 Å². The molecule has 0 aliphatic heterocycles. The molecule has 0 atom stereocenters. The monoisotopic (exact) mass is 432 g/mol. The van der Waals surface area contributed by atoms with Gasteiger partial charge in [0.15, 0.2) is 0 Å². The first-order valence-electron chi connectivity index (χ1n) is 10.4. The number of aromatic nitrogens is 1. The first-order valence-corrected chi connectivity index (χ1v) is 10.4. The predicted molar refractivity (Wildman–Crippen MR) is 127 cm³/mol. The Kier molecular flexibility index (Phi) is 7.10. The smallest absolute Gasteiger partial charge is 0.329 e. The molecule has 1 heterocycles. The molecule has 0 unspecified atom stereocenters. The minimum Gasteiger partial charge on any atom is -0.494 e. The van der Waals surface area contributed by atoms with Crippen LogP contribution in [0.5, 0.6) is 5.75 Å². The van der Waals surface area contributed by atoms with Gasteiger partial charge in [0.25, 0.3) is 0 Å². The van der Waals surface area contributed by atoms with Gasteiger partial charge >= 0.3 is 11.8 Å². The molecule has 2 N–H and O–H groups in total. The van der Waals surface area contributed by atoms with Crippen molar-refractivity contribution in [2.45, 2.75) is 34.6 Å². The number of hydrogen-bond acceptors (Lipinski definition) is 4. The van der Waals surface area contributed by atoms with Crippen LogP contribution in [0.3, 0.4) is 0 Å². The maximum atomic E-state index is 12.1. The van der Waals surface area contributed by atoms with Crippen LogP contribution in [0, 0.1) is 27.7 Å². The van der Waals surface area contributed by atoms with Crippen molar-refractivity contribution in [2.75, 3.05) is 11.9 Å². The Morgan fingerprint density at radius 3 is 2.38 bits per heavy atom. The highest BCUT2D eigenvalue weighted by atomic mass is 16.5. The molecule has 0 aliphatic rings. The number of nitrogens with zero attached hydrogens (tertiary/aromatic N) is 2. The highest BCUT2D eigenvalue weighted by Crippen LogP contribution is 2.23. The average molecular weight is 433 g/mol. The Labute approximate surface area is 188 Å². The summed E-state index contributed by atoms with van der Waals surface area (Å²) in [4.78, 5) is 24.2. The van der Waals surface area contributed by atoms with Gasteiger partial charge in [0.2, 0.25) is 0 Å². The molecular formula is C25H28N4O3. The van der Waals surface area contributed by atoms with Gasteiger partial charge in [0.1, 0.15) is 5.75 Å². The van der Waals surface area contributed by atoms with Crippen LogP contribution in [-0.2, 0) is 9.59 Å². The molecule has 1 aromatic heterocycles. The third-order valence-corrected chi connectivity index (χ3v) is 5.06. The summed E-state index contributed by atoms with van der Waals surface area (Å²) in [6.45, 7) is 10.6. The zero-order valence-electron chi connectivity index (χ0n) is 19.0. The molecule has 0 bridgehead atoms. The van der Waals surface area contributed by atoms with E-state index in [9.17, 15) is 9.59 Å². The van der Waals surface area contributed by atoms with E-state index >= 15 is 0 Å². The van der Waals surface area contributed by atoms with E-state index in [0.717, 1.165) is 22.6 Å². The zero-order valence-corrected chi connectivity index (χ0v) is 19.0. The fourth-order valence-electron chi connectivity index (χ4n) is 3.55. The van der Waals surface area contributed by atoms with Crippen molar-refractivity contribution in [3.05, 3.63) is 76.6 Å². The number of carbonyl (C=O) groups excluding carboxylic acids is 2. The molecule has 0 spiro atoms. The second-order valence-electron chi connectivity index (χ2n) is 7.56. The first kappa shape index (κ1) is 22.8. The lowest BCUT2D eigenvalue weighted by Gasteiger charge is -2.13.